The second-order valence-corrected chi connectivity index (χ2v) is 3.08. The van der Waals surface area contributed by atoms with Crippen LogP contribution in [0.25, 0.3) is 0 Å². The van der Waals surface area contributed by atoms with Crippen molar-refractivity contribution < 1.29 is 5.11 Å². The molecule has 0 saturated heterocycles. The van der Waals surface area contributed by atoms with Crippen LogP contribution in [0.15, 0.2) is 12.1 Å². The van der Waals surface area contributed by atoms with Crippen molar-refractivity contribution in [3.05, 3.63) is 28.8 Å². The van der Waals surface area contributed by atoms with E-state index in [2.05, 4.69) is 0 Å². The SMILES string of the molecule is CC(=N)c1cc(C)c(C)cc1O. The van der Waals surface area contributed by atoms with Crippen LogP contribution < -0.4 is 0 Å². The van der Waals surface area contributed by atoms with E-state index in [1.165, 1.54) is 0 Å². The van der Waals surface area contributed by atoms with Gasteiger partial charge in [-0.2, -0.15) is 0 Å². The molecule has 0 spiro atoms. The molecule has 2 heteroatoms. The number of aryl methyl sites for hydroxylation is 2. The third-order valence-corrected chi connectivity index (χ3v) is 2.02. The first-order valence-electron chi connectivity index (χ1n) is 3.88. The summed E-state index contributed by atoms with van der Waals surface area (Å²) in [4.78, 5) is 0. The summed E-state index contributed by atoms with van der Waals surface area (Å²) in [5.74, 6) is 0.200. The van der Waals surface area contributed by atoms with Crippen LogP contribution in [0.1, 0.15) is 23.6 Å². The van der Waals surface area contributed by atoms with Crippen LogP contribution in [0, 0.1) is 19.3 Å². The lowest BCUT2D eigenvalue weighted by Gasteiger charge is -2.06. The van der Waals surface area contributed by atoms with Crippen LogP contribution >= 0.6 is 0 Å². The van der Waals surface area contributed by atoms with Gasteiger partial charge in [-0.25, -0.2) is 0 Å². The van der Waals surface area contributed by atoms with Gasteiger partial charge in [-0.05, 0) is 44.0 Å². The van der Waals surface area contributed by atoms with Crippen molar-refractivity contribution in [2.75, 3.05) is 0 Å². The fraction of sp³-hybridized carbons (Fsp3) is 0.300. The molecule has 0 unspecified atom stereocenters. The fourth-order valence-electron chi connectivity index (χ4n) is 1.10. The first-order chi connectivity index (χ1) is 5.52. The van der Waals surface area contributed by atoms with E-state index >= 15 is 0 Å². The Labute approximate surface area is 72.4 Å². The summed E-state index contributed by atoms with van der Waals surface area (Å²) in [6.45, 7) is 5.59. The molecule has 64 valence electrons. The van der Waals surface area contributed by atoms with Crippen molar-refractivity contribution in [2.24, 2.45) is 0 Å². The fourth-order valence-corrected chi connectivity index (χ4v) is 1.10. The molecule has 0 saturated carbocycles. The molecule has 1 aromatic carbocycles. The van der Waals surface area contributed by atoms with E-state index in [0.717, 1.165) is 11.1 Å². The van der Waals surface area contributed by atoms with Crippen LogP contribution in [0.5, 0.6) is 5.75 Å². The van der Waals surface area contributed by atoms with Gasteiger partial charge in [0.05, 0.1) is 0 Å². The molecular weight excluding hydrogens is 150 g/mol. The highest BCUT2D eigenvalue weighted by atomic mass is 16.3. The lowest BCUT2D eigenvalue weighted by molar-refractivity contribution is 0.473. The minimum Gasteiger partial charge on any atom is -0.507 e. The van der Waals surface area contributed by atoms with Gasteiger partial charge in [-0.15, -0.1) is 0 Å². The van der Waals surface area contributed by atoms with Crippen molar-refractivity contribution in [3.63, 3.8) is 0 Å². The van der Waals surface area contributed by atoms with E-state index in [9.17, 15) is 5.11 Å². The molecule has 2 nitrogen and oxygen atoms in total. The average molecular weight is 163 g/mol. The number of hydrogen-bond donors (Lipinski definition) is 2. The Morgan fingerprint density at radius 3 is 2.25 bits per heavy atom. The molecule has 1 aromatic rings. The Kier molecular flexibility index (Phi) is 2.18. The number of nitrogens with one attached hydrogen (secondary N) is 1. The van der Waals surface area contributed by atoms with E-state index in [0.29, 0.717) is 11.3 Å². The van der Waals surface area contributed by atoms with Crippen LogP contribution in [-0.2, 0) is 0 Å². The van der Waals surface area contributed by atoms with Crippen LogP contribution in [0.2, 0.25) is 0 Å². The Morgan fingerprint density at radius 2 is 1.75 bits per heavy atom. The lowest BCUT2D eigenvalue weighted by Crippen LogP contribution is -1.94. The van der Waals surface area contributed by atoms with Crippen molar-refractivity contribution >= 4 is 5.71 Å². The maximum absolute atomic E-state index is 9.45. The van der Waals surface area contributed by atoms with Crippen molar-refractivity contribution in [1.82, 2.24) is 0 Å². The molecule has 0 heterocycles. The quantitative estimate of drug-likeness (QED) is 0.613. The molecule has 0 aliphatic rings. The molecule has 0 radical (unpaired) electrons. The van der Waals surface area contributed by atoms with E-state index in [1.807, 2.05) is 19.9 Å². The van der Waals surface area contributed by atoms with Gasteiger partial charge in [0.25, 0.3) is 0 Å². The monoisotopic (exact) mass is 163 g/mol. The summed E-state index contributed by atoms with van der Waals surface area (Å²) in [6, 6.07) is 3.54. The number of rotatable bonds is 1. The maximum atomic E-state index is 9.45. The van der Waals surface area contributed by atoms with Crippen LogP contribution in [0.3, 0.4) is 0 Å². The lowest BCUT2D eigenvalue weighted by atomic mass is 10.0. The molecule has 0 atom stereocenters. The van der Waals surface area contributed by atoms with Gasteiger partial charge < -0.3 is 10.5 Å². The Morgan fingerprint density at radius 1 is 1.25 bits per heavy atom. The van der Waals surface area contributed by atoms with E-state index < -0.39 is 0 Å². The molecule has 12 heavy (non-hydrogen) atoms. The zero-order valence-electron chi connectivity index (χ0n) is 7.60. The normalized spacial score (nSPS) is 9.92. The summed E-state index contributed by atoms with van der Waals surface area (Å²) >= 11 is 0. The summed E-state index contributed by atoms with van der Waals surface area (Å²) < 4.78 is 0. The van der Waals surface area contributed by atoms with E-state index in [4.69, 9.17) is 5.41 Å². The first-order valence-corrected chi connectivity index (χ1v) is 3.88. The number of phenols is 1. The third-order valence-electron chi connectivity index (χ3n) is 2.02. The molecule has 1 rings (SSSR count). The van der Waals surface area contributed by atoms with Crippen molar-refractivity contribution in [1.29, 1.82) is 5.41 Å². The van der Waals surface area contributed by atoms with Gasteiger partial charge in [0.2, 0.25) is 0 Å². The highest BCUT2D eigenvalue weighted by Crippen LogP contribution is 2.21. The van der Waals surface area contributed by atoms with Gasteiger partial charge in [-0.1, -0.05) is 0 Å². The highest BCUT2D eigenvalue weighted by Gasteiger charge is 2.04. The Bertz CT molecular complexity index is 329. The summed E-state index contributed by atoms with van der Waals surface area (Å²) in [5, 5.41) is 16.8. The number of aromatic hydroxyl groups is 1. The second kappa shape index (κ2) is 2.97. The standard InChI is InChI=1S/C10H13NO/c1-6-4-9(8(3)11)10(12)5-7(6)2/h4-5,11-12H,1-3H3. The minimum absolute atomic E-state index is 0.200. The topological polar surface area (TPSA) is 44.1 Å². The second-order valence-electron chi connectivity index (χ2n) is 3.08. The predicted octanol–water partition coefficient (Wildman–Crippen LogP) is 2.40. The first kappa shape index (κ1) is 8.78. The van der Waals surface area contributed by atoms with Crippen LogP contribution in [0.4, 0.5) is 0 Å². The molecule has 0 bridgehead atoms. The molecule has 0 amide bonds. The highest BCUT2D eigenvalue weighted by molar-refractivity contribution is 5.98. The maximum Gasteiger partial charge on any atom is 0.124 e. The van der Waals surface area contributed by atoms with E-state index in [-0.39, 0.29) is 5.75 Å². The zero-order valence-corrected chi connectivity index (χ0v) is 7.60. The molecule has 2 N–H and O–H groups in total. The van der Waals surface area contributed by atoms with Crippen molar-refractivity contribution in [2.45, 2.75) is 20.8 Å². The summed E-state index contributed by atoms with van der Waals surface area (Å²) in [7, 11) is 0. The predicted molar refractivity (Wildman–Crippen MR) is 50.1 cm³/mol. The number of phenolic OH excluding ortho intramolecular Hbond substituents is 1. The number of hydrogen-bond acceptors (Lipinski definition) is 2. The Hall–Kier alpha value is -1.31. The molecule has 0 aromatic heterocycles. The molecule has 0 aliphatic carbocycles. The van der Waals surface area contributed by atoms with Crippen molar-refractivity contribution in [3.8, 4) is 5.75 Å². The third kappa shape index (κ3) is 1.47. The van der Waals surface area contributed by atoms with Gasteiger partial charge in [0, 0.05) is 11.3 Å². The van der Waals surface area contributed by atoms with E-state index in [1.54, 1.807) is 13.0 Å². The largest absolute Gasteiger partial charge is 0.507 e. The number of benzene rings is 1. The Balaban J connectivity index is 3.33. The van der Waals surface area contributed by atoms with Gasteiger partial charge in [0.1, 0.15) is 5.75 Å². The smallest absolute Gasteiger partial charge is 0.124 e. The summed E-state index contributed by atoms with van der Waals surface area (Å²) in [5.41, 5.74) is 3.18. The minimum atomic E-state index is 0.200. The van der Waals surface area contributed by atoms with Gasteiger partial charge in [0.15, 0.2) is 0 Å². The summed E-state index contributed by atoms with van der Waals surface area (Å²) in [6.07, 6.45) is 0. The molecule has 0 fully saturated rings. The van der Waals surface area contributed by atoms with Crippen LogP contribution in [-0.4, -0.2) is 10.8 Å². The van der Waals surface area contributed by atoms with Gasteiger partial charge in [-0.3, -0.25) is 0 Å². The zero-order chi connectivity index (χ0) is 9.30. The average Bonchev–Trinajstić information content (AvgIpc) is 1.96. The molecule has 0 aliphatic heterocycles. The molecular formula is C10H13NO. The van der Waals surface area contributed by atoms with Gasteiger partial charge >= 0.3 is 0 Å².